The first-order valence-corrected chi connectivity index (χ1v) is 8.11. The van der Waals surface area contributed by atoms with Crippen LogP contribution in [0.1, 0.15) is 12.0 Å². The van der Waals surface area contributed by atoms with Crippen molar-refractivity contribution >= 4 is 35.9 Å². The number of anilines is 1. The maximum Gasteiger partial charge on any atom is 0.230 e. The van der Waals surface area contributed by atoms with Gasteiger partial charge in [-0.15, -0.1) is 0 Å². The third-order valence-corrected chi connectivity index (χ3v) is 4.02. The van der Waals surface area contributed by atoms with Crippen LogP contribution in [0.2, 0.25) is 0 Å². The lowest BCUT2D eigenvalue weighted by molar-refractivity contribution is -0.115. The van der Waals surface area contributed by atoms with E-state index < -0.39 is 0 Å². The van der Waals surface area contributed by atoms with E-state index in [-0.39, 0.29) is 12.3 Å². The molecule has 0 atom stereocenters. The van der Waals surface area contributed by atoms with Crippen molar-refractivity contribution < 1.29 is 14.3 Å². The molecule has 4 rings (SSSR count). The normalized spacial score (nSPS) is 13.4. The van der Waals surface area contributed by atoms with Crippen LogP contribution in [-0.4, -0.2) is 37.2 Å². The fraction of sp³-hybridized carbons (Fsp3) is 0.222. The first kappa shape index (κ1) is 15.6. The van der Waals surface area contributed by atoms with Crippen LogP contribution < -0.4 is 20.3 Å². The first-order chi connectivity index (χ1) is 12.2. The number of aromatic nitrogens is 2. The number of ether oxygens (including phenoxy) is 2. The highest BCUT2D eigenvalue weighted by atomic mass is 16.5. The molecule has 1 amide bonds. The van der Waals surface area contributed by atoms with Gasteiger partial charge in [0.05, 0.1) is 25.2 Å². The number of carbonyl (C=O) groups excluding carboxylic acids is 1. The van der Waals surface area contributed by atoms with Crippen LogP contribution >= 0.6 is 0 Å². The van der Waals surface area contributed by atoms with Gasteiger partial charge in [0.25, 0.3) is 0 Å². The molecule has 124 valence electrons. The van der Waals surface area contributed by atoms with Crippen LogP contribution in [0, 0.1) is 0 Å². The fourth-order valence-electron chi connectivity index (χ4n) is 2.81. The van der Waals surface area contributed by atoms with E-state index in [0.717, 1.165) is 28.6 Å². The zero-order valence-electron chi connectivity index (χ0n) is 13.5. The number of fused-ring (bicyclic) bond motifs is 2. The van der Waals surface area contributed by atoms with Crippen molar-refractivity contribution in [2.24, 2.45) is 0 Å². The van der Waals surface area contributed by atoms with Gasteiger partial charge < -0.3 is 14.8 Å². The molecular formula is C18H16BN3O3. The van der Waals surface area contributed by atoms with Crippen LogP contribution in [0.15, 0.2) is 36.4 Å². The molecule has 6 nitrogen and oxygen atoms in total. The standard InChI is InChI=1S/C18H16BN3O3/c19-12-3-4-13-14(10-12)21-22-18(13)20-17(23)9-11-2-5-15-16(8-11)25-7-1-6-24-15/h2-5,8,10H,1,6-7,9H2,(H2,20,21,22,23). The Morgan fingerprint density at radius 1 is 1.16 bits per heavy atom. The Labute approximate surface area is 145 Å². The molecule has 25 heavy (non-hydrogen) atoms. The highest BCUT2D eigenvalue weighted by molar-refractivity contribution is 6.33. The number of nitrogens with zero attached hydrogens (tertiary/aromatic N) is 1. The molecule has 2 radical (unpaired) electrons. The summed E-state index contributed by atoms with van der Waals surface area (Å²) in [7, 11) is 5.75. The van der Waals surface area contributed by atoms with Crippen molar-refractivity contribution in [2.45, 2.75) is 12.8 Å². The van der Waals surface area contributed by atoms with Gasteiger partial charge in [0, 0.05) is 11.8 Å². The Morgan fingerprint density at radius 3 is 2.88 bits per heavy atom. The maximum absolute atomic E-state index is 12.4. The molecule has 7 heteroatoms. The number of hydrogen-bond donors (Lipinski definition) is 2. The van der Waals surface area contributed by atoms with Crippen LogP contribution in [0.5, 0.6) is 11.5 Å². The van der Waals surface area contributed by atoms with E-state index in [1.165, 1.54) is 0 Å². The lowest BCUT2D eigenvalue weighted by atomic mass is 9.95. The van der Waals surface area contributed by atoms with E-state index in [0.29, 0.717) is 30.2 Å². The minimum absolute atomic E-state index is 0.153. The van der Waals surface area contributed by atoms with E-state index in [1.807, 2.05) is 24.3 Å². The molecule has 0 saturated heterocycles. The number of hydrogen-bond acceptors (Lipinski definition) is 4. The van der Waals surface area contributed by atoms with Gasteiger partial charge >= 0.3 is 0 Å². The molecule has 0 unspecified atom stereocenters. The Hall–Kier alpha value is -2.96. The third-order valence-electron chi connectivity index (χ3n) is 4.02. The van der Waals surface area contributed by atoms with Crippen LogP contribution in [0.25, 0.3) is 10.9 Å². The lowest BCUT2D eigenvalue weighted by Gasteiger charge is -2.09. The lowest BCUT2D eigenvalue weighted by Crippen LogP contribution is -2.15. The Morgan fingerprint density at radius 2 is 2.00 bits per heavy atom. The second-order valence-corrected chi connectivity index (χ2v) is 5.93. The predicted molar refractivity (Wildman–Crippen MR) is 95.9 cm³/mol. The summed E-state index contributed by atoms with van der Waals surface area (Å²) in [4.78, 5) is 12.4. The van der Waals surface area contributed by atoms with E-state index in [1.54, 1.807) is 12.1 Å². The molecule has 2 aromatic carbocycles. The number of amides is 1. The molecule has 2 heterocycles. The first-order valence-electron chi connectivity index (χ1n) is 8.11. The van der Waals surface area contributed by atoms with Gasteiger partial charge in [0.15, 0.2) is 17.3 Å². The highest BCUT2D eigenvalue weighted by Crippen LogP contribution is 2.30. The number of nitrogens with one attached hydrogen (secondary N) is 2. The molecule has 0 saturated carbocycles. The van der Waals surface area contributed by atoms with Crippen molar-refractivity contribution in [1.82, 2.24) is 10.2 Å². The Bertz CT molecular complexity index is 938. The van der Waals surface area contributed by atoms with Gasteiger partial charge in [0.2, 0.25) is 5.91 Å². The molecule has 1 aliphatic rings. The number of carbonyl (C=O) groups is 1. The second kappa shape index (κ2) is 6.51. The van der Waals surface area contributed by atoms with E-state index >= 15 is 0 Å². The third kappa shape index (κ3) is 3.31. The van der Waals surface area contributed by atoms with Crippen molar-refractivity contribution in [3.63, 3.8) is 0 Å². The van der Waals surface area contributed by atoms with E-state index in [4.69, 9.17) is 17.3 Å². The summed E-state index contributed by atoms with van der Waals surface area (Å²) in [6, 6.07) is 11.0. The van der Waals surface area contributed by atoms with Crippen molar-refractivity contribution in [3.05, 3.63) is 42.0 Å². The summed E-state index contributed by atoms with van der Waals surface area (Å²) in [6.07, 6.45) is 1.07. The molecule has 1 aromatic heterocycles. The number of rotatable bonds is 3. The minimum atomic E-state index is -0.153. The quantitative estimate of drug-likeness (QED) is 0.716. The molecule has 0 bridgehead atoms. The average molecular weight is 333 g/mol. The molecule has 1 aliphatic heterocycles. The van der Waals surface area contributed by atoms with Crippen LogP contribution in [0.4, 0.5) is 5.82 Å². The summed E-state index contributed by atoms with van der Waals surface area (Å²) in [5.41, 5.74) is 2.28. The monoisotopic (exact) mass is 333 g/mol. The number of aromatic amines is 1. The largest absolute Gasteiger partial charge is 0.490 e. The topological polar surface area (TPSA) is 76.2 Å². The molecule has 2 N–H and O–H groups in total. The Kier molecular flexibility index (Phi) is 4.05. The summed E-state index contributed by atoms with van der Waals surface area (Å²) in [6.45, 7) is 1.26. The zero-order chi connectivity index (χ0) is 17.2. The molecule has 0 spiro atoms. The van der Waals surface area contributed by atoms with E-state index in [2.05, 4.69) is 15.5 Å². The molecule has 3 aromatic rings. The summed E-state index contributed by atoms with van der Waals surface area (Å²) < 4.78 is 11.3. The summed E-state index contributed by atoms with van der Waals surface area (Å²) in [5.74, 6) is 1.75. The van der Waals surface area contributed by atoms with Gasteiger partial charge in [0.1, 0.15) is 7.85 Å². The summed E-state index contributed by atoms with van der Waals surface area (Å²) in [5, 5.41) is 10.7. The molecule has 0 aliphatic carbocycles. The van der Waals surface area contributed by atoms with Crippen LogP contribution in [-0.2, 0) is 11.2 Å². The van der Waals surface area contributed by atoms with E-state index in [9.17, 15) is 4.79 Å². The van der Waals surface area contributed by atoms with Crippen molar-refractivity contribution in [2.75, 3.05) is 18.5 Å². The van der Waals surface area contributed by atoms with Gasteiger partial charge in [-0.25, -0.2) is 0 Å². The summed E-state index contributed by atoms with van der Waals surface area (Å²) >= 11 is 0. The molecular weight excluding hydrogens is 317 g/mol. The number of benzene rings is 2. The SMILES string of the molecule is [B]c1ccc2c(NC(=O)Cc3ccc4c(c3)OCCCO4)n[nH]c2c1. The van der Waals surface area contributed by atoms with Gasteiger partial charge in [-0.1, -0.05) is 17.6 Å². The smallest absolute Gasteiger partial charge is 0.230 e. The maximum atomic E-state index is 12.4. The van der Waals surface area contributed by atoms with Crippen LogP contribution in [0.3, 0.4) is 0 Å². The highest BCUT2D eigenvalue weighted by Gasteiger charge is 2.14. The average Bonchev–Trinajstić information content (AvgIpc) is 2.83. The zero-order valence-corrected chi connectivity index (χ0v) is 13.5. The van der Waals surface area contributed by atoms with Crippen molar-refractivity contribution in [3.8, 4) is 11.5 Å². The fourth-order valence-corrected chi connectivity index (χ4v) is 2.81. The number of H-pyrrole nitrogens is 1. The minimum Gasteiger partial charge on any atom is -0.490 e. The second-order valence-electron chi connectivity index (χ2n) is 5.93. The van der Waals surface area contributed by atoms with Gasteiger partial charge in [-0.05, 0) is 29.8 Å². The molecule has 0 fully saturated rings. The van der Waals surface area contributed by atoms with Gasteiger partial charge in [-0.3, -0.25) is 9.89 Å². The van der Waals surface area contributed by atoms with Gasteiger partial charge in [-0.2, -0.15) is 5.10 Å². The predicted octanol–water partition coefficient (Wildman–Crippen LogP) is 1.70. The van der Waals surface area contributed by atoms with Crippen molar-refractivity contribution in [1.29, 1.82) is 0 Å². The Balaban J connectivity index is 1.49.